The second-order valence-corrected chi connectivity index (χ2v) is 5.97. The zero-order valence-corrected chi connectivity index (χ0v) is 13.1. The second-order valence-electron chi connectivity index (χ2n) is 5.97. The van der Waals surface area contributed by atoms with Crippen LogP contribution < -0.4 is 0 Å². The van der Waals surface area contributed by atoms with Gasteiger partial charge in [0.15, 0.2) is 0 Å². The zero-order chi connectivity index (χ0) is 16.4. The third-order valence-corrected chi connectivity index (χ3v) is 4.20. The van der Waals surface area contributed by atoms with Crippen LogP contribution in [-0.4, -0.2) is 22.4 Å². The van der Waals surface area contributed by atoms with Crippen LogP contribution in [0.3, 0.4) is 0 Å². The first-order chi connectivity index (χ1) is 11.0. The number of benzene rings is 2. The van der Waals surface area contributed by atoms with Gasteiger partial charge in [-0.05, 0) is 18.1 Å². The molecule has 1 aliphatic heterocycles. The summed E-state index contributed by atoms with van der Waals surface area (Å²) in [6, 6.07) is 19.2. The van der Waals surface area contributed by atoms with Crippen LogP contribution >= 0.6 is 0 Å². The number of carbonyl (C=O) groups excluding carboxylic acids is 1. The molecule has 0 aliphatic carbocycles. The van der Waals surface area contributed by atoms with Crippen molar-refractivity contribution in [1.29, 1.82) is 0 Å². The number of carbonyl (C=O) groups is 1. The molecule has 1 aliphatic rings. The molecule has 0 spiro atoms. The van der Waals surface area contributed by atoms with Gasteiger partial charge in [0.1, 0.15) is 5.78 Å². The summed E-state index contributed by atoms with van der Waals surface area (Å²) in [7, 11) is 0. The predicted octanol–water partition coefficient (Wildman–Crippen LogP) is 3.12. The van der Waals surface area contributed by atoms with Crippen LogP contribution in [0, 0.1) is 5.92 Å². The number of hydrogen-bond acceptors (Lipinski definition) is 4. The lowest BCUT2D eigenvalue weighted by atomic mass is 9.74. The maximum atomic E-state index is 12.3. The van der Waals surface area contributed by atoms with Crippen LogP contribution in [0.4, 0.5) is 0 Å². The summed E-state index contributed by atoms with van der Waals surface area (Å²) in [5, 5.41) is 14.7. The summed E-state index contributed by atoms with van der Waals surface area (Å²) in [6.45, 7) is 2.96. The van der Waals surface area contributed by atoms with E-state index in [0.717, 1.165) is 11.1 Å². The third kappa shape index (κ3) is 2.90. The maximum Gasteiger partial charge on any atom is 0.242 e. The van der Waals surface area contributed by atoms with E-state index in [2.05, 4.69) is 5.16 Å². The molecule has 0 amide bonds. The van der Waals surface area contributed by atoms with Crippen molar-refractivity contribution in [3.05, 3.63) is 71.8 Å². The van der Waals surface area contributed by atoms with Gasteiger partial charge in [0.05, 0.1) is 11.6 Å². The highest BCUT2D eigenvalue weighted by Crippen LogP contribution is 2.40. The normalized spacial score (nSPS) is 27.0. The second kappa shape index (κ2) is 5.97. The molecular weight excluding hydrogens is 290 g/mol. The molecule has 0 saturated carbocycles. The summed E-state index contributed by atoms with van der Waals surface area (Å²) in [5.41, 5.74) is 2.46. The molecule has 3 unspecified atom stereocenters. The van der Waals surface area contributed by atoms with Gasteiger partial charge in [-0.15, -0.1) is 0 Å². The fraction of sp³-hybridized carbons (Fsp3) is 0.263. The Labute approximate surface area is 135 Å². The summed E-state index contributed by atoms with van der Waals surface area (Å²) in [4.78, 5) is 17.6. The van der Waals surface area contributed by atoms with E-state index < -0.39 is 11.7 Å². The summed E-state index contributed by atoms with van der Waals surface area (Å²) < 4.78 is 0. The fourth-order valence-corrected chi connectivity index (χ4v) is 3.19. The highest BCUT2D eigenvalue weighted by molar-refractivity contribution is 6.07. The van der Waals surface area contributed by atoms with Gasteiger partial charge in [0.2, 0.25) is 5.79 Å². The van der Waals surface area contributed by atoms with Gasteiger partial charge in [-0.2, -0.15) is 0 Å². The van der Waals surface area contributed by atoms with Crippen molar-refractivity contribution >= 4 is 11.5 Å². The molecule has 0 bridgehead atoms. The largest absolute Gasteiger partial charge is 0.360 e. The number of rotatable bonds is 3. The minimum atomic E-state index is -1.63. The van der Waals surface area contributed by atoms with Crippen LogP contribution in [0.25, 0.3) is 0 Å². The molecule has 1 N–H and O–H groups in total. The van der Waals surface area contributed by atoms with Gasteiger partial charge < -0.3 is 9.94 Å². The van der Waals surface area contributed by atoms with Crippen molar-refractivity contribution < 1.29 is 14.7 Å². The molecule has 23 heavy (non-hydrogen) atoms. The van der Waals surface area contributed by atoms with Crippen molar-refractivity contribution in [3.63, 3.8) is 0 Å². The number of nitrogens with zero attached hydrogens (tertiary/aromatic N) is 1. The van der Waals surface area contributed by atoms with E-state index in [4.69, 9.17) is 4.84 Å². The molecule has 1 heterocycles. The van der Waals surface area contributed by atoms with E-state index >= 15 is 0 Å². The topological polar surface area (TPSA) is 58.9 Å². The smallest absolute Gasteiger partial charge is 0.242 e. The Balaban J connectivity index is 2.17. The zero-order valence-electron chi connectivity index (χ0n) is 13.1. The first-order valence-corrected chi connectivity index (χ1v) is 7.60. The van der Waals surface area contributed by atoms with Gasteiger partial charge >= 0.3 is 0 Å². The minimum absolute atomic E-state index is 0.132. The number of oxime groups is 1. The van der Waals surface area contributed by atoms with Crippen LogP contribution in [0.5, 0.6) is 0 Å². The molecule has 0 saturated heterocycles. The molecule has 2 aromatic carbocycles. The van der Waals surface area contributed by atoms with Gasteiger partial charge in [-0.3, -0.25) is 4.79 Å². The van der Waals surface area contributed by atoms with Gasteiger partial charge in [-0.1, -0.05) is 65.8 Å². The quantitative estimate of drug-likeness (QED) is 0.947. The molecule has 3 rings (SSSR count). The summed E-state index contributed by atoms with van der Waals surface area (Å²) >= 11 is 0. The van der Waals surface area contributed by atoms with Crippen LogP contribution in [0.15, 0.2) is 65.8 Å². The van der Waals surface area contributed by atoms with Crippen LogP contribution in [-0.2, 0) is 9.63 Å². The molecule has 3 atom stereocenters. The van der Waals surface area contributed by atoms with Crippen molar-refractivity contribution in [2.75, 3.05) is 0 Å². The lowest BCUT2D eigenvalue weighted by Gasteiger charge is -2.39. The summed E-state index contributed by atoms with van der Waals surface area (Å²) in [5.74, 6) is -2.85. The molecule has 118 valence electrons. The molecule has 2 aromatic rings. The maximum absolute atomic E-state index is 12.3. The molecule has 4 heteroatoms. The van der Waals surface area contributed by atoms with Gasteiger partial charge in [0.25, 0.3) is 0 Å². The average molecular weight is 309 g/mol. The van der Waals surface area contributed by atoms with Crippen molar-refractivity contribution in [1.82, 2.24) is 0 Å². The number of hydrogen-bond donors (Lipinski definition) is 1. The van der Waals surface area contributed by atoms with E-state index in [9.17, 15) is 9.90 Å². The minimum Gasteiger partial charge on any atom is -0.360 e. The molecular formula is C19H19NO3. The van der Waals surface area contributed by atoms with E-state index in [1.54, 1.807) is 0 Å². The fourth-order valence-electron chi connectivity index (χ4n) is 3.19. The average Bonchev–Trinajstić information content (AvgIpc) is 2.55. The first kappa shape index (κ1) is 15.4. The highest BCUT2D eigenvalue weighted by Gasteiger charge is 2.49. The monoisotopic (exact) mass is 309 g/mol. The standard InChI is InChI=1S/C19H19NO3/c1-13(21)17-16(14-9-5-3-6-10-14)18(20-23-19(17,2)22)15-11-7-4-8-12-15/h3-12,16-17,22H,1-2H3. The van der Waals surface area contributed by atoms with E-state index in [-0.39, 0.29) is 11.7 Å². The predicted molar refractivity (Wildman–Crippen MR) is 88.0 cm³/mol. The van der Waals surface area contributed by atoms with Crippen molar-refractivity contribution in [2.45, 2.75) is 25.6 Å². The van der Waals surface area contributed by atoms with Gasteiger partial charge in [-0.25, -0.2) is 0 Å². The lowest BCUT2D eigenvalue weighted by Crippen LogP contribution is -2.49. The molecule has 0 aromatic heterocycles. The summed E-state index contributed by atoms with van der Waals surface area (Å²) in [6.07, 6.45) is 0. The SMILES string of the molecule is CC(=O)C1C(c2ccccc2)C(c2ccccc2)=NOC1(C)O. The number of aliphatic hydroxyl groups is 1. The van der Waals surface area contributed by atoms with Crippen molar-refractivity contribution in [2.24, 2.45) is 11.1 Å². The Morgan fingerprint density at radius 3 is 2.22 bits per heavy atom. The highest BCUT2D eigenvalue weighted by atomic mass is 16.7. The number of Topliss-reactive ketones (excluding diaryl/α,β-unsaturated/α-hetero) is 1. The molecule has 0 fully saturated rings. The third-order valence-electron chi connectivity index (χ3n) is 4.20. The Kier molecular flexibility index (Phi) is 4.01. The Morgan fingerprint density at radius 1 is 1.09 bits per heavy atom. The Hall–Kier alpha value is -2.46. The van der Waals surface area contributed by atoms with Crippen LogP contribution in [0.2, 0.25) is 0 Å². The Bertz CT molecular complexity index is 723. The number of ketones is 1. The van der Waals surface area contributed by atoms with Gasteiger partial charge in [0, 0.05) is 12.8 Å². The van der Waals surface area contributed by atoms with E-state index in [0.29, 0.717) is 5.71 Å². The molecule has 0 radical (unpaired) electrons. The lowest BCUT2D eigenvalue weighted by molar-refractivity contribution is -0.229. The van der Waals surface area contributed by atoms with E-state index in [1.165, 1.54) is 13.8 Å². The Morgan fingerprint density at radius 2 is 1.65 bits per heavy atom. The van der Waals surface area contributed by atoms with E-state index in [1.807, 2.05) is 60.7 Å². The molecule has 4 nitrogen and oxygen atoms in total. The first-order valence-electron chi connectivity index (χ1n) is 7.60. The van der Waals surface area contributed by atoms with Crippen molar-refractivity contribution in [3.8, 4) is 0 Å². The van der Waals surface area contributed by atoms with Crippen LogP contribution in [0.1, 0.15) is 30.9 Å².